The van der Waals surface area contributed by atoms with E-state index in [0.29, 0.717) is 36.4 Å². The molecule has 0 aromatic heterocycles. The summed E-state index contributed by atoms with van der Waals surface area (Å²) in [6, 6.07) is 14.0. The predicted octanol–water partition coefficient (Wildman–Crippen LogP) is 2.24. The summed E-state index contributed by atoms with van der Waals surface area (Å²) in [6.07, 6.45) is 0.563. The van der Waals surface area contributed by atoms with Gasteiger partial charge in [-0.25, -0.2) is 0 Å². The van der Waals surface area contributed by atoms with Crippen LogP contribution in [0.15, 0.2) is 48.5 Å². The number of imide groups is 1. The molecule has 0 saturated heterocycles. The zero-order valence-corrected chi connectivity index (χ0v) is 12.6. The number of nitrogens with zero attached hydrogens (tertiary/aromatic N) is 1. The largest absolute Gasteiger partial charge is 0.494 e. The first-order valence-corrected chi connectivity index (χ1v) is 7.48. The number of carbonyl (C=O) groups is 2. The Kier molecular flexibility index (Phi) is 4.39. The van der Waals surface area contributed by atoms with Gasteiger partial charge in [0.15, 0.2) is 0 Å². The van der Waals surface area contributed by atoms with Gasteiger partial charge < -0.3 is 9.84 Å². The first-order chi connectivity index (χ1) is 11.2. The van der Waals surface area contributed by atoms with Crippen LogP contribution in [-0.4, -0.2) is 35.0 Å². The van der Waals surface area contributed by atoms with E-state index in [1.807, 2.05) is 0 Å². The van der Waals surface area contributed by atoms with E-state index in [-0.39, 0.29) is 18.4 Å². The van der Waals surface area contributed by atoms with Gasteiger partial charge in [-0.3, -0.25) is 14.5 Å². The summed E-state index contributed by atoms with van der Waals surface area (Å²) in [6.45, 7) is 0.743. The number of hydrogen-bond acceptors (Lipinski definition) is 4. The highest BCUT2D eigenvalue weighted by molar-refractivity contribution is 6.21. The maximum atomic E-state index is 12.2. The molecule has 2 amide bonds. The fourth-order valence-corrected chi connectivity index (χ4v) is 2.55. The van der Waals surface area contributed by atoms with Crippen molar-refractivity contribution in [3.8, 4) is 5.75 Å². The Morgan fingerprint density at radius 2 is 1.52 bits per heavy atom. The van der Waals surface area contributed by atoms with Crippen LogP contribution < -0.4 is 4.74 Å². The number of hydrogen-bond donors (Lipinski definition) is 1. The Bertz CT molecular complexity index is 689. The van der Waals surface area contributed by atoms with Crippen LogP contribution in [0.25, 0.3) is 0 Å². The highest BCUT2D eigenvalue weighted by Crippen LogP contribution is 2.22. The average Bonchev–Trinajstić information content (AvgIpc) is 2.84. The molecule has 0 atom stereocenters. The summed E-state index contributed by atoms with van der Waals surface area (Å²) < 4.78 is 5.58. The molecule has 0 unspecified atom stereocenters. The van der Waals surface area contributed by atoms with Crippen molar-refractivity contribution < 1.29 is 19.4 Å². The minimum atomic E-state index is -0.238. The highest BCUT2D eigenvalue weighted by atomic mass is 16.5. The van der Waals surface area contributed by atoms with E-state index in [9.17, 15) is 9.59 Å². The Balaban J connectivity index is 1.51. The van der Waals surface area contributed by atoms with Gasteiger partial charge in [-0.15, -0.1) is 0 Å². The van der Waals surface area contributed by atoms with E-state index in [4.69, 9.17) is 9.84 Å². The molecule has 5 nitrogen and oxygen atoms in total. The Morgan fingerprint density at radius 3 is 2.09 bits per heavy atom. The summed E-state index contributed by atoms with van der Waals surface area (Å²) in [5, 5.41) is 8.98. The molecular formula is C18H17NO4. The van der Waals surface area contributed by atoms with Crippen LogP contribution in [0.5, 0.6) is 5.75 Å². The first kappa shape index (κ1) is 15.2. The molecule has 0 spiro atoms. The van der Waals surface area contributed by atoms with Crippen molar-refractivity contribution in [2.45, 2.75) is 13.0 Å². The van der Waals surface area contributed by atoms with E-state index in [1.165, 1.54) is 4.90 Å². The molecule has 0 saturated carbocycles. The second kappa shape index (κ2) is 6.62. The monoisotopic (exact) mass is 311 g/mol. The average molecular weight is 311 g/mol. The Labute approximate surface area is 134 Å². The predicted molar refractivity (Wildman–Crippen MR) is 84.3 cm³/mol. The van der Waals surface area contributed by atoms with Crippen molar-refractivity contribution >= 4 is 11.8 Å². The normalized spacial score (nSPS) is 13.3. The van der Waals surface area contributed by atoms with Crippen LogP contribution >= 0.6 is 0 Å². The second-order valence-corrected chi connectivity index (χ2v) is 5.31. The van der Waals surface area contributed by atoms with Gasteiger partial charge in [-0.1, -0.05) is 24.3 Å². The number of fused-ring (bicyclic) bond motifs is 1. The molecule has 1 aliphatic rings. The Morgan fingerprint density at radius 1 is 0.913 bits per heavy atom. The number of aliphatic hydroxyl groups is 1. The lowest BCUT2D eigenvalue weighted by Crippen LogP contribution is -2.31. The molecule has 0 radical (unpaired) electrons. The number of amides is 2. The molecule has 0 fully saturated rings. The van der Waals surface area contributed by atoms with Crippen LogP contribution in [-0.2, 0) is 6.61 Å². The zero-order valence-electron chi connectivity index (χ0n) is 12.6. The molecule has 2 aromatic carbocycles. The first-order valence-electron chi connectivity index (χ1n) is 7.48. The van der Waals surface area contributed by atoms with Crippen molar-refractivity contribution in [3.05, 3.63) is 65.2 Å². The van der Waals surface area contributed by atoms with E-state index in [1.54, 1.807) is 48.5 Å². The van der Waals surface area contributed by atoms with Crippen molar-refractivity contribution in [2.24, 2.45) is 0 Å². The van der Waals surface area contributed by atoms with E-state index in [2.05, 4.69) is 0 Å². The molecule has 3 rings (SSSR count). The molecule has 118 valence electrons. The number of ether oxygens (including phenoxy) is 1. The maximum Gasteiger partial charge on any atom is 0.261 e. The van der Waals surface area contributed by atoms with Crippen LogP contribution in [0, 0.1) is 0 Å². The van der Waals surface area contributed by atoms with Crippen LogP contribution in [0.4, 0.5) is 0 Å². The second-order valence-electron chi connectivity index (χ2n) is 5.31. The third-order valence-electron chi connectivity index (χ3n) is 3.78. The minimum Gasteiger partial charge on any atom is -0.494 e. The smallest absolute Gasteiger partial charge is 0.261 e. The topological polar surface area (TPSA) is 66.8 Å². The SMILES string of the molecule is O=C1c2ccccc2C(=O)N1CCCOc1ccc(CO)cc1. The summed E-state index contributed by atoms with van der Waals surface area (Å²) in [5.41, 5.74) is 1.76. The van der Waals surface area contributed by atoms with Crippen molar-refractivity contribution in [3.63, 3.8) is 0 Å². The lowest BCUT2D eigenvalue weighted by molar-refractivity contribution is 0.0647. The Hall–Kier alpha value is -2.66. The molecule has 0 aliphatic carbocycles. The number of carbonyl (C=O) groups excluding carboxylic acids is 2. The quantitative estimate of drug-likeness (QED) is 0.656. The minimum absolute atomic E-state index is 0.0000223. The van der Waals surface area contributed by atoms with Gasteiger partial charge in [0.1, 0.15) is 5.75 Å². The summed E-state index contributed by atoms with van der Waals surface area (Å²) in [5.74, 6) is 0.223. The lowest BCUT2D eigenvalue weighted by Gasteiger charge is -2.14. The molecule has 1 heterocycles. The van der Waals surface area contributed by atoms with Gasteiger partial charge in [0.05, 0.1) is 24.3 Å². The summed E-state index contributed by atoms with van der Waals surface area (Å²) >= 11 is 0. The molecule has 1 N–H and O–H groups in total. The fourth-order valence-electron chi connectivity index (χ4n) is 2.55. The standard InChI is InChI=1S/C18H17NO4/c20-12-13-6-8-14(9-7-13)23-11-3-10-19-17(21)15-4-1-2-5-16(15)18(19)22/h1-2,4-9,20H,3,10-12H2. The summed E-state index contributed by atoms with van der Waals surface area (Å²) in [4.78, 5) is 25.6. The molecule has 1 aliphatic heterocycles. The van der Waals surface area contributed by atoms with Crippen molar-refractivity contribution in [1.82, 2.24) is 4.90 Å². The van der Waals surface area contributed by atoms with E-state index in [0.717, 1.165) is 5.56 Å². The maximum absolute atomic E-state index is 12.2. The van der Waals surface area contributed by atoms with E-state index < -0.39 is 0 Å². The number of aliphatic hydroxyl groups excluding tert-OH is 1. The molecular weight excluding hydrogens is 294 g/mol. The van der Waals surface area contributed by atoms with Crippen LogP contribution in [0.1, 0.15) is 32.7 Å². The molecule has 23 heavy (non-hydrogen) atoms. The fraction of sp³-hybridized carbons (Fsp3) is 0.222. The number of benzene rings is 2. The van der Waals surface area contributed by atoms with Gasteiger partial charge in [0.2, 0.25) is 0 Å². The third kappa shape index (κ3) is 3.10. The molecule has 0 bridgehead atoms. The van der Waals surface area contributed by atoms with Gasteiger partial charge in [0, 0.05) is 6.54 Å². The van der Waals surface area contributed by atoms with Crippen LogP contribution in [0.2, 0.25) is 0 Å². The van der Waals surface area contributed by atoms with Crippen molar-refractivity contribution in [2.75, 3.05) is 13.2 Å². The third-order valence-corrected chi connectivity index (χ3v) is 3.78. The lowest BCUT2D eigenvalue weighted by atomic mass is 10.1. The van der Waals surface area contributed by atoms with Crippen molar-refractivity contribution in [1.29, 1.82) is 0 Å². The van der Waals surface area contributed by atoms with Crippen LogP contribution in [0.3, 0.4) is 0 Å². The summed E-state index contributed by atoms with van der Waals surface area (Å²) in [7, 11) is 0. The van der Waals surface area contributed by atoms with Gasteiger partial charge in [0.25, 0.3) is 11.8 Å². The van der Waals surface area contributed by atoms with E-state index >= 15 is 0 Å². The van der Waals surface area contributed by atoms with Gasteiger partial charge in [-0.2, -0.15) is 0 Å². The van der Waals surface area contributed by atoms with Gasteiger partial charge in [-0.05, 0) is 36.2 Å². The molecule has 5 heteroatoms. The zero-order chi connectivity index (χ0) is 16.2. The number of rotatable bonds is 6. The molecule has 2 aromatic rings. The van der Waals surface area contributed by atoms with Gasteiger partial charge >= 0.3 is 0 Å². The highest BCUT2D eigenvalue weighted by Gasteiger charge is 2.34.